The highest BCUT2D eigenvalue weighted by molar-refractivity contribution is 9.09. The first-order valence-electron chi connectivity index (χ1n) is 6.52. The fraction of sp³-hybridized carbons (Fsp3) is 0.294. The molecule has 100 valence electrons. The van der Waals surface area contributed by atoms with Gasteiger partial charge in [0.05, 0.1) is 4.83 Å². The van der Waals surface area contributed by atoms with Crippen molar-refractivity contribution in [2.24, 2.45) is 0 Å². The molecule has 0 radical (unpaired) electrons. The Morgan fingerprint density at radius 1 is 1.05 bits per heavy atom. The molecule has 0 amide bonds. The van der Waals surface area contributed by atoms with Crippen LogP contribution in [-0.2, 0) is 6.42 Å². The number of hydrogen-bond acceptors (Lipinski definition) is 0. The Morgan fingerprint density at radius 2 is 1.68 bits per heavy atom. The molecule has 0 aliphatic heterocycles. The molecule has 0 spiro atoms. The third-order valence-electron chi connectivity index (χ3n) is 3.50. The first-order chi connectivity index (χ1) is 9.02. The second kappa shape index (κ2) is 6.11. The van der Waals surface area contributed by atoms with Crippen molar-refractivity contribution in [3.05, 3.63) is 69.2 Å². The van der Waals surface area contributed by atoms with E-state index in [9.17, 15) is 0 Å². The van der Waals surface area contributed by atoms with Gasteiger partial charge in [-0.1, -0.05) is 64.8 Å². The summed E-state index contributed by atoms with van der Waals surface area (Å²) in [6.45, 7) is 6.33. The lowest BCUT2D eigenvalue weighted by Gasteiger charge is -2.16. The van der Waals surface area contributed by atoms with Gasteiger partial charge in [-0.2, -0.15) is 0 Å². The van der Waals surface area contributed by atoms with Crippen molar-refractivity contribution in [2.45, 2.75) is 32.0 Å². The van der Waals surface area contributed by atoms with Crippen LogP contribution in [0.4, 0.5) is 0 Å². The van der Waals surface area contributed by atoms with E-state index in [0.29, 0.717) is 0 Å². The molecule has 0 fully saturated rings. The van der Waals surface area contributed by atoms with Crippen LogP contribution in [0.15, 0.2) is 36.4 Å². The fourth-order valence-corrected chi connectivity index (χ4v) is 3.19. The Hall–Kier alpha value is -0.790. The zero-order valence-corrected chi connectivity index (χ0v) is 13.8. The average molecular weight is 338 g/mol. The second-order valence-corrected chi connectivity index (χ2v) is 6.24. The van der Waals surface area contributed by atoms with E-state index in [2.05, 4.69) is 60.1 Å². The van der Waals surface area contributed by atoms with Crippen molar-refractivity contribution in [1.82, 2.24) is 0 Å². The molecule has 0 heterocycles. The Bertz CT molecular complexity index is 573. The second-order valence-electron chi connectivity index (χ2n) is 4.92. The summed E-state index contributed by atoms with van der Waals surface area (Å²) in [7, 11) is 0. The van der Waals surface area contributed by atoms with Gasteiger partial charge in [-0.05, 0) is 54.2 Å². The van der Waals surface area contributed by atoms with Crippen molar-refractivity contribution >= 4 is 27.5 Å². The predicted octanol–water partition coefficient (Wildman–Crippen LogP) is 6.00. The van der Waals surface area contributed by atoms with Crippen molar-refractivity contribution in [3.8, 4) is 0 Å². The lowest BCUT2D eigenvalue weighted by molar-refractivity contribution is 1.10. The molecule has 19 heavy (non-hydrogen) atoms. The van der Waals surface area contributed by atoms with Crippen molar-refractivity contribution in [1.29, 1.82) is 0 Å². The first kappa shape index (κ1) is 14.6. The third-order valence-corrected chi connectivity index (χ3v) is 4.93. The highest BCUT2D eigenvalue weighted by Gasteiger charge is 2.14. The number of hydrogen-bond donors (Lipinski definition) is 0. The van der Waals surface area contributed by atoms with Gasteiger partial charge >= 0.3 is 0 Å². The Morgan fingerprint density at radius 3 is 2.26 bits per heavy atom. The quantitative estimate of drug-likeness (QED) is 0.602. The smallest absolute Gasteiger partial charge is 0.0647 e. The van der Waals surface area contributed by atoms with Crippen LogP contribution in [-0.4, -0.2) is 0 Å². The van der Waals surface area contributed by atoms with Crippen LogP contribution < -0.4 is 0 Å². The van der Waals surface area contributed by atoms with Crippen molar-refractivity contribution < 1.29 is 0 Å². The monoisotopic (exact) mass is 336 g/mol. The van der Waals surface area contributed by atoms with Crippen LogP contribution in [0.25, 0.3) is 0 Å². The Balaban J connectivity index is 2.37. The molecule has 2 rings (SSSR count). The van der Waals surface area contributed by atoms with Crippen molar-refractivity contribution in [2.75, 3.05) is 0 Å². The zero-order chi connectivity index (χ0) is 14.0. The minimum Gasteiger partial charge on any atom is -0.0840 e. The molecule has 0 aliphatic rings. The summed E-state index contributed by atoms with van der Waals surface area (Å²) < 4.78 is 0. The first-order valence-corrected chi connectivity index (χ1v) is 7.81. The fourth-order valence-electron chi connectivity index (χ4n) is 2.18. The van der Waals surface area contributed by atoms with Gasteiger partial charge in [0, 0.05) is 5.02 Å². The number of benzene rings is 2. The van der Waals surface area contributed by atoms with Crippen LogP contribution >= 0.6 is 27.5 Å². The maximum atomic E-state index is 6.16. The van der Waals surface area contributed by atoms with Gasteiger partial charge in [-0.3, -0.25) is 0 Å². The average Bonchev–Trinajstić information content (AvgIpc) is 2.42. The van der Waals surface area contributed by atoms with Crippen LogP contribution in [0.5, 0.6) is 0 Å². The molecule has 0 aliphatic carbocycles. The van der Waals surface area contributed by atoms with Crippen LogP contribution in [0.2, 0.25) is 5.02 Å². The molecular formula is C17H18BrCl. The van der Waals surface area contributed by atoms with E-state index in [1.54, 1.807) is 0 Å². The largest absolute Gasteiger partial charge is 0.0840 e. The van der Waals surface area contributed by atoms with Gasteiger partial charge in [0.2, 0.25) is 0 Å². The van der Waals surface area contributed by atoms with Gasteiger partial charge in [-0.25, -0.2) is 0 Å². The van der Waals surface area contributed by atoms with E-state index in [1.165, 1.54) is 22.3 Å². The highest BCUT2D eigenvalue weighted by atomic mass is 79.9. The summed E-state index contributed by atoms with van der Waals surface area (Å²) in [6.07, 6.45) is 1.08. The Kier molecular flexibility index (Phi) is 4.70. The molecule has 2 aromatic carbocycles. The summed E-state index contributed by atoms with van der Waals surface area (Å²) >= 11 is 9.97. The lowest BCUT2D eigenvalue weighted by Crippen LogP contribution is -1.97. The molecule has 0 bridgehead atoms. The summed E-state index contributed by atoms with van der Waals surface area (Å²) in [4.78, 5) is 0.217. The minimum absolute atomic E-state index is 0.217. The van der Waals surface area contributed by atoms with Gasteiger partial charge in [0.15, 0.2) is 0 Å². The number of rotatable bonds is 3. The minimum atomic E-state index is 0.217. The molecule has 1 unspecified atom stereocenters. The lowest BCUT2D eigenvalue weighted by atomic mass is 9.97. The molecule has 0 N–H and O–H groups in total. The molecule has 0 nitrogen and oxygen atoms in total. The number of alkyl halides is 1. The summed E-state index contributed by atoms with van der Waals surface area (Å²) in [5.74, 6) is 0. The Labute approximate surface area is 128 Å². The highest BCUT2D eigenvalue weighted by Crippen LogP contribution is 2.35. The molecule has 1 atom stereocenters. The topological polar surface area (TPSA) is 0 Å². The summed E-state index contributed by atoms with van der Waals surface area (Å²) in [5.41, 5.74) is 6.27. The van der Waals surface area contributed by atoms with Gasteiger partial charge in [0.1, 0.15) is 0 Å². The van der Waals surface area contributed by atoms with Crippen LogP contribution in [0, 0.1) is 13.8 Å². The predicted molar refractivity (Wildman–Crippen MR) is 87.5 cm³/mol. The van der Waals surface area contributed by atoms with Gasteiger partial charge in [0.25, 0.3) is 0 Å². The van der Waals surface area contributed by atoms with E-state index in [-0.39, 0.29) is 4.83 Å². The molecular weight excluding hydrogens is 320 g/mol. The van der Waals surface area contributed by atoms with E-state index in [1.807, 2.05) is 13.0 Å². The maximum absolute atomic E-state index is 6.16. The molecule has 0 saturated carbocycles. The third kappa shape index (κ3) is 3.21. The molecule has 2 heteroatoms. The van der Waals surface area contributed by atoms with Gasteiger partial charge in [-0.15, -0.1) is 0 Å². The molecule has 2 aromatic rings. The van der Waals surface area contributed by atoms with E-state index >= 15 is 0 Å². The van der Waals surface area contributed by atoms with E-state index < -0.39 is 0 Å². The SMILES string of the molecule is CCc1ccc(C(Br)c2cc(C)c(Cl)cc2C)cc1. The number of halogens is 2. The van der Waals surface area contributed by atoms with Crippen LogP contribution in [0.3, 0.4) is 0 Å². The summed E-state index contributed by atoms with van der Waals surface area (Å²) in [6, 6.07) is 13.0. The van der Waals surface area contributed by atoms with Crippen molar-refractivity contribution in [3.63, 3.8) is 0 Å². The normalized spacial score (nSPS) is 12.5. The number of aryl methyl sites for hydroxylation is 3. The zero-order valence-electron chi connectivity index (χ0n) is 11.5. The van der Waals surface area contributed by atoms with E-state index in [4.69, 9.17) is 11.6 Å². The molecule has 0 aromatic heterocycles. The molecule has 0 saturated heterocycles. The van der Waals surface area contributed by atoms with E-state index in [0.717, 1.165) is 17.0 Å². The summed E-state index contributed by atoms with van der Waals surface area (Å²) in [5, 5.41) is 0.835. The standard InChI is InChI=1S/C17H18BrCl/c1-4-13-5-7-14(8-6-13)17(18)15-9-12(3)16(19)10-11(15)2/h5-10,17H,4H2,1-3H3. The van der Waals surface area contributed by atoms with Gasteiger partial charge < -0.3 is 0 Å². The van der Waals surface area contributed by atoms with Crippen LogP contribution in [0.1, 0.15) is 39.6 Å². The maximum Gasteiger partial charge on any atom is 0.0647 e.